The van der Waals surface area contributed by atoms with Crippen molar-refractivity contribution >= 4 is 51.6 Å². The highest BCUT2D eigenvalue weighted by Crippen LogP contribution is 2.31. The molecule has 0 spiro atoms. The number of anilines is 1. The van der Waals surface area contributed by atoms with Gasteiger partial charge in [0.1, 0.15) is 12.4 Å². The Hall–Kier alpha value is -2.90. The third-order valence-corrected chi connectivity index (χ3v) is 7.58. The van der Waals surface area contributed by atoms with Crippen LogP contribution in [-0.4, -0.2) is 50.4 Å². The maximum Gasteiger partial charge on any atom is 0.229 e. The predicted molar refractivity (Wildman–Crippen MR) is 146 cm³/mol. The number of aromatic nitrogens is 2. The first-order valence-corrected chi connectivity index (χ1v) is 12.9. The van der Waals surface area contributed by atoms with Crippen LogP contribution in [-0.2, 0) is 29.4 Å². The molecule has 0 saturated carbocycles. The minimum atomic E-state index is -1.03. The number of nitrogens with zero attached hydrogens (tertiary/aromatic N) is 3. The Labute approximate surface area is 206 Å². The van der Waals surface area contributed by atoms with Crippen LogP contribution in [0.4, 0.5) is 5.95 Å². The van der Waals surface area contributed by atoms with E-state index in [0.29, 0.717) is 37.3 Å². The van der Waals surface area contributed by atoms with E-state index in [9.17, 15) is 4.55 Å². The van der Waals surface area contributed by atoms with E-state index >= 15 is 0 Å². The lowest BCUT2D eigenvalue weighted by Gasteiger charge is -2.22. The molecule has 1 atom stereocenters. The molecule has 0 N–H and O–H groups in total. The van der Waals surface area contributed by atoms with Crippen LogP contribution in [0.25, 0.3) is 10.9 Å². The lowest BCUT2D eigenvalue weighted by Crippen LogP contribution is -2.28. The number of rotatable bonds is 5. The third-order valence-electron chi connectivity index (χ3n) is 6.14. The Bertz CT molecular complexity index is 1320. The first-order chi connectivity index (χ1) is 16.4. The Morgan fingerprint density at radius 3 is 2.53 bits per heavy atom. The Morgan fingerprint density at radius 1 is 0.971 bits per heavy atom. The van der Waals surface area contributed by atoms with Gasteiger partial charge < -0.3 is 14.2 Å². The van der Waals surface area contributed by atoms with Crippen molar-refractivity contribution in [2.24, 2.45) is 0 Å². The fourth-order valence-electron chi connectivity index (χ4n) is 4.15. The average Bonchev–Trinajstić information content (AvgIpc) is 3.01. The Morgan fingerprint density at radius 2 is 1.74 bits per heavy atom. The van der Waals surface area contributed by atoms with Gasteiger partial charge in [0.15, 0.2) is 4.90 Å². The van der Waals surface area contributed by atoms with Crippen molar-refractivity contribution < 1.29 is 9.29 Å². The van der Waals surface area contributed by atoms with E-state index in [1.165, 1.54) is 5.56 Å². The molecule has 0 amide bonds. The van der Waals surface area contributed by atoms with Gasteiger partial charge in [0.25, 0.3) is 0 Å². The fraction of sp³-hybridized carbons (Fsp3) is 0.200. The topological polar surface area (TPSA) is 61.3 Å². The lowest BCUT2D eigenvalue weighted by atomic mass is 9.40. The summed E-state index contributed by atoms with van der Waals surface area (Å²) in [6.07, 6.45) is 0. The van der Waals surface area contributed by atoms with Crippen LogP contribution in [0.15, 0.2) is 77.7 Å². The minimum Gasteiger partial charge on any atom is -0.611 e. The summed E-state index contributed by atoms with van der Waals surface area (Å²) < 4.78 is 19.1. The molecule has 1 aliphatic rings. The van der Waals surface area contributed by atoms with Crippen molar-refractivity contribution in [1.29, 1.82) is 0 Å². The van der Waals surface area contributed by atoms with Crippen molar-refractivity contribution in [3.63, 3.8) is 0 Å². The molecule has 0 saturated heterocycles. The van der Waals surface area contributed by atoms with Crippen molar-refractivity contribution in [2.75, 3.05) is 17.2 Å². The molecule has 1 aliphatic heterocycles. The molecule has 0 bridgehead atoms. The number of ether oxygens (including phenoxy) is 1. The van der Waals surface area contributed by atoms with Crippen LogP contribution in [0.1, 0.15) is 16.7 Å². The monoisotopic (exact) mass is 465 g/mol. The van der Waals surface area contributed by atoms with Gasteiger partial charge in [0.2, 0.25) is 11.8 Å². The summed E-state index contributed by atoms with van der Waals surface area (Å²) in [7, 11) is 6.59. The summed E-state index contributed by atoms with van der Waals surface area (Å²) in [5.74, 6) is 1.73. The standard InChI is InChI=1S/C25H26B3N3O2S/c26-25(27,28)19-10-11-21-20(14-19)23(33-16-17-6-2-1-3-7-17)30-24(29-21)31-12-13-34(32)22-9-5-4-8-18(22)15-31/h1-11,14H,12-13,15-16,26-28H2. The molecule has 2 heterocycles. The zero-order chi connectivity index (χ0) is 23.7. The normalized spacial score (nSPS) is 16.1. The maximum atomic E-state index is 12.8. The largest absolute Gasteiger partial charge is 0.611 e. The molecule has 9 heteroatoms. The van der Waals surface area contributed by atoms with Crippen LogP contribution in [0, 0.1) is 0 Å². The molecular formula is C25H26B3N3O2S. The molecule has 34 heavy (non-hydrogen) atoms. The van der Waals surface area contributed by atoms with E-state index < -0.39 is 11.2 Å². The van der Waals surface area contributed by atoms with Crippen molar-refractivity contribution in [1.82, 2.24) is 9.97 Å². The van der Waals surface area contributed by atoms with Crippen LogP contribution < -0.4 is 9.64 Å². The van der Waals surface area contributed by atoms with Gasteiger partial charge in [0.05, 0.1) is 47.5 Å². The Kier molecular flexibility index (Phi) is 6.32. The van der Waals surface area contributed by atoms with Gasteiger partial charge in [-0.05, 0) is 34.9 Å². The van der Waals surface area contributed by atoms with Crippen molar-refractivity contribution in [2.45, 2.75) is 23.2 Å². The fourth-order valence-corrected chi connectivity index (χ4v) is 5.41. The van der Waals surface area contributed by atoms with E-state index in [0.717, 1.165) is 26.9 Å². The van der Waals surface area contributed by atoms with E-state index in [2.05, 4.69) is 46.6 Å². The number of benzene rings is 3. The molecular weight excluding hydrogens is 439 g/mol. The molecule has 1 aromatic heterocycles. The molecule has 0 aliphatic carbocycles. The molecule has 0 fully saturated rings. The number of hydrogen-bond donors (Lipinski definition) is 0. The van der Waals surface area contributed by atoms with Gasteiger partial charge in [-0.1, -0.05) is 65.3 Å². The van der Waals surface area contributed by atoms with Gasteiger partial charge in [0, 0.05) is 5.56 Å². The summed E-state index contributed by atoms with van der Waals surface area (Å²) in [6.45, 7) is 1.66. The highest BCUT2D eigenvalue weighted by atomic mass is 32.2. The summed E-state index contributed by atoms with van der Waals surface area (Å²) >= 11 is -1.03. The van der Waals surface area contributed by atoms with Gasteiger partial charge in [-0.15, -0.1) is 0 Å². The first kappa shape index (κ1) is 22.9. The highest BCUT2D eigenvalue weighted by Gasteiger charge is 2.26. The molecule has 1 unspecified atom stereocenters. The minimum absolute atomic E-state index is 0.00211. The van der Waals surface area contributed by atoms with Gasteiger partial charge in [-0.3, -0.25) is 0 Å². The summed E-state index contributed by atoms with van der Waals surface area (Å²) in [5.41, 5.74) is 4.19. The predicted octanol–water partition coefficient (Wildman–Crippen LogP) is 1.35. The second-order valence-corrected chi connectivity index (χ2v) is 11.2. The number of fused-ring (bicyclic) bond motifs is 2. The zero-order valence-corrected chi connectivity index (χ0v) is 20.6. The van der Waals surface area contributed by atoms with E-state index in [1.54, 1.807) is 0 Å². The first-order valence-electron chi connectivity index (χ1n) is 11.6. The van der Waals surface area contributed by atoms with Crippen molar-refractivity contribution in [3.05, 3.63) is 89.5 Å². The number of hydrogen-bond acceptors (Lipinski definition) is 5. The van der Waals surface area contributed by atoms with E-state index in [1.807, 2.05) is 54.6 Å². The van der Waals surface area contributed by atoms with Gasteiger partial charge in [-0.2, -0.15) is 4.98 Å². The molecule has 0 radical (unpaired) electrons. The van der Waals surface area contributed by atoms with Gasteiger partial charge >= 0.3 is 0 Å². The van der Waals surface area contributed by atoms with Crippen LogP contribution in [0.2, 0.25) is 0 Å². The maximum absolute atomic E-state index is 12.8. The third kappa shape index (κ3) is 4.81. The zero-order valence-electron chi connectivity index (χ0n) is 19.8. The van der Waals surface area contributed by atoms with Gasteiger partial charge in [-0.25, -0.2) is 4.98 Å². The van der Waals surface area contributed by atoms with Crippen LogP contribution in [0.5, 0.6) is 5.88 Å². The SMILES string of the molecule is BC(B)(B)c1ccc2nc(N3CC[S+]([O-])c4ccccc4C3)nc(OCc3ccccc3)c2c1. The summed E-state index contributed by atoms with van der Waals surface area (Å²) in [6, 6.07) is 24.4. The summed E-state index contributed by atoms with van der Waals surface area (Å²) in [5, 5.41) is 0.910. The Balaban J connectivity index is 1.56. The van der Waals surface area contributed by atoms with Crippen LogP contribution in [0.3, 0.4) is 0 Å². The molecule has 168 valence electrons. The lowest BCUT2D eigenvalue weighted by molar-refractivity contribution is 0.297. The van der Waals surface area contributed by atoms with Crippen molar-refractivity contribution in [3.8, 4) is 5.88 Å². The molecule has 5 rings (SSSR count). The van der Waals surface area contributed by atoms with E-state index in [4.69, 9.17) is 14.7 Å². The average molecular weight is 465 g/mol. The molecule has 3 aromatic carbocycles. The summed E-state index contributed by atoms with van der Waals surface area (Å²) in [4.78, 5) is 12.8. The quantitative estimate of drug-likeness (QED) is 0.329. The molecule has 4 aromatic rings. The van der Waals surface area contributed by atoms with Crippen LogP contribution >= 0.6 is 0 Å². The molecule has 5 nitrogen and oxygen atoms in total. The van der Waals surface area contributed by atoms with E-state index in [-0.39, 0.29) is 5.11 Å². The highest BCUT2D eigenvalue weighted by molar-refractivity contribution is 7.91. The second-order valence-electron chi connectivity index (χ2n) is 9.66. The smallest absolute Gasteiger partial charge is 0.229 e. The second kappa shape index (κ2) is 9.39.